The zero-order valence-corrected chi connectivity index (χ0v) is 44.2. The highest BCUT2D eigenvalue weighted by Crippen LogP contribution is 2.16. The van der Waals surface area contributed by atoms with Crippen molar-refractivity contribution in [3.63, 3.8) is 0 Å². The molecule has 0 spiro atoms. The molecule has 3 N–H and O–H groups in total. The molecule has 1 amide bonds. The molecule has 0 aliphatic rings. The Morgan fingerprint density at radius 2 is 0.758 bits per heavy atom. The summed E-state index contributed by atoms with van der Waals surface area (Å²) in [6.07, 6.45) is 68.9. The molecule has 66 heavy (non-hydrogen) atoms. The number of carbonyl (C=O) groups is 2. The van der Waals surface area contributed by atoms with Crippen molar-refractivity contribution < 1.29 is 24.5 Å². The minimum Gasteiger partial charge on any atom is -0.466 e. The highest BCUT2D eigenvalue weighted by molar-refractivity contribution is 5.76. The van der Waals surface area contributed by atoms with Crippen LogP contribution in [0.4, 0.5) is 0 Å². The third kappa shape index (κ3) is 51.5. The first kappa shape index (κ1) is 64.1. The highest BCUT2D eigenvalue weighted by atomic mass is 16.5. The van der Waals surface area contributed by atoms with Gasteiger partial charge in [-0.2, -0.15) is 0 Å². The molecule has 2 atom stereocenters. The number of carbonyl (C=O) groups excluding carboxylic acids is 2. The van der Waals surface area contributed by atoms with Crippen LogP contribution in [0.1, 0.15) is 309 Å². The summed E-state index contributed by atoms with van der Waals surface area (Å²) in [7, 11) is 0. The molecule has 0 aromatic rings. The van der Waals surface area contributed by atoms with Gasteiger partial charge in [0.15, 0.2) is 0 Å². The Bertz CT molecular complexity index is 1070. The number of esters is 1. The lowest BCUT2D eigenvalue weighted by molar-refractivity contribution is -0.143. The van der Waals surface area contributed by atoms with E-state index in [1.54, 1.807) is 6.08 Å². The van der Waals surface area contributed by atoms with Gasteiger partial charge in [-0.25, -0.2) is 0 Å². The molecule has 0 aromatic heterocycles. The van der Waals surface area contributed by atoms with E-state index in [0.717, 1.165) is 44.9 Å². The molecule has 0 bridgehead atoms. The maximum atomic E-state index is 12.4. The van der Waals surface area contributed by atoms with Crippen molar-refractivity contribution in [2.75, 3.05) is 13.2 Å². The van der Waals surface area contributed by atoms with Crippen molar-refractivity contribution >= 4 is 11.9 Å². The summed E-state index contributed by atoms with van der Waals surface area (Å²) in [5.74, 6) is -0.0663. The van der Waals surface area contributed by atoms with Crippen LogP contribution in [0.2, 0.25) is 0 Å². The second-order valence-corrected chi connectivity index (χ2v) is 20.0. The van der Waals surface area contributed by atoms with Gasteiger partial charge in [-0.1, -0.05) is 269 Å². The van der Waals surface area contributed by atoms with Gasteiger partial charge >= 0.3 is 5.97 Å². The monoisotopic (exact) mass is 928 g/mol. The number of amides is 1. The molecule has 0 aliphatic heterocycles. The van der Waals surface area contributed by atoms with Crippen LogP contribution in [-0.2, 0) is 14.3 Å². The lowest BCUT2D eigenvalue weighted by Crippen LogP contribution is -2.45. The minimum absolute atomic E-state index is 0.00793. The van der Waals surface area contributed by atoms with Crippen LogP contribution >= 0.6 is 0 Å². The van der Waals surface area contributed by atoms with Gasteiger partial charge in [0, 0.05) is 12.8 Å². The summed E-state index contributed by atoms with van der Waals surface area (Å²) in [6.45, 7) is 4.89. The number of rotatable bonds is 54. The van der Waals surface area contributed by atoms with E-state index in [2.05, 4.69) is 43.5 Å². The number of nitrogens with one attached hydrogen (secondary N) is 1. The molecule has 0 aliphatic carbocycles. The van der Waals surface area contributed by atoms with Crippen molar-refractivity contribution in [1.82, 2.24) is 5.32 Å². The summed E-state index contributed by atoms with van der Waals surface area (Å²) in [5, 5.41) is 23.1. The fourth-order valence-corrected chi connectivity index (χ4v) is 8.90. The molecule has 6 nitrogen and oxygen atoms in total. The number of unbranched alkanes of at least 4 members (excludes halogenated alkanes) is 39. The van der Waals surface area contributed by atoms with Crippen molar-refractivity contribution in [3.8, 4) is 0 Å². The summed E-state index contributed by atoms with van der Waals surface area (Å²) in [5.41, 5.74) is 0. The van der Waals surface area contributed by atoms with Crippen LogP contribution in [0.25, 0.3) is 0 Å². The largest absolute Gasteiger partial charge is 0.466 e. The van der Waals surface area contributed by atoms with Gasteiger partial charge in [-0.3, -0.25) is 9.59 Å². The fourth-order valence-electron chi connectivity index (χ4n) is 8.90. The molecule has 0 radical (unpaired) electrons. The number of hydrogen-bond acceptors (Lipinski definition) is 5. The van der Waals surface area contributed by atoms with Crippen LogP contribution in [-0.4, -0.2) is 47.4 Å². The summed E-state index contributed by atoms with van der Waals surface area (Å²) in [4.78, 5) is 24.4. The Hall–Kier alpha value is -1.92. The average Bonchev–Trinajstić information content (AvgIpc) is 3.32. The second-order valence-electron chi connectivity index (χ2n) is 20.0. The molecule has 0 heterocycles. The molecular weight excluding hydrogens is 815 g/mol. The predicted molar refractivity (Wildman–Crippen MR) is 287 cm³/mol. The minimum atomic E-state index is -0.847. The Morgan fingerprint density at radius 3 is 1.15 bits per heavy atom. The Morgan fingerprint density at radius 1 is 0.424 bits per heavy atom. The van der Waals surface area contributed by atoms with E-state index in [1.165, 1.54) is 238 Å². The van der Waals surface area contributed by atoms with Crippen LogP contribution in [0.3, 0.4) is 0 Å². The van der Waals surface area contributed by atoms with Gasteiger partial charge in [0.2, 0.25) is 5.91 Å². The van der Waals surface area contributed by atoms with E-state index in [4.69, 9.17) is 4.74 Å². The number of allylic oxidation sites excluding steroid dienone is 5. The summed E-state index contributed by atoms with van der Waals surface area (Å²) >= 11 is 0. The lowest BCUT2D eigenvalue weighted by Gasteiger charge is -2.20. The first-order chi connectivity index (χ1) is 32.5. The third-order valence-electron chi connectivity index (χ3n) is 13.4. The number of ether oxygens (including phenoxy) is 1. The number of aliphatic hydroxyl groups excluding tert-OH is 2. The zero-order chi connectivity index (χ0) is 47.9. The predicted octanol–water partition coefficient (Wildman–Crippen LogP) is 18.0. The maximum absolute atomic E-state index is 12.4. The quantitative estimate of drug-likeness (QED) is 0.0321. The molecule has 0 saturated heterocycles. The van der Waals surface area contributed by atoms with Gasteiger partial charge in [-0.15, -0.1) is 0 Å². The van der Waals surface area contributed by atoms with Crippen LogP contribution in [0.5, 0.6) is 0 Å². The molecule has 388 valence electrons. The Balaban J connectivity index is 3.46. The Kier molecular flexibility index (Phi) is 54.1. The van der Waals surface area contributed by atoms with E-state index in [-0.39, 0.29) is 18.5 Å². The van der Waals surface area contributed by atoms with Crippen LogP contribution in [0.15, 0.2) is 36.5 Å². The molecule has 0 rings (SSSR count). The smallest absolute Gasteiger partial charge is 0.305 e. The van der Waals surface area contributed by atoms with Gasteiger partial charge in [0.25, 0.3) is 0 Å². The summed E-state index contributed by atoms with van der Waals surface area (Å²) < 4.78 is 5.46. The molecule has 0 aromatic carbocycles. The number of aliphatic hydroxyl groups is 2. The van der Waals surface area contributed by atoms with Crippen molar-refractivity contribution in [1.29, 1.82) is 0 Å². The third-order valence-corrected chi connectivity index (χ3v) is 13.4. The molecule has 6 heteroatoms. The first-order valence-corrected chi connectivity index (χ1v) is 29.3. The maximum Gasteiger partial charge on any atom is 0.305 e. The average molecular weight is 929 g/mol. The highest BCUT2D eigenvalue weighted by Gasteiger charge is 2.18. The molecule has 0 saturated carbocycles. The normalized spacial score (nSPS) is 12.8. The van der Waals surface area contributed by atoms with Gasteiger partial charge in [-0.05, 0) is 64.2 Å². The Labute approximate surface area is 411 Å². The van der Waals surface area contributed by atoms with Crippen LogP contribution < -0.4 is 5.32 Å². The van der Waals surface area contributed by atoms with E-state index >= 15 is 0 Å². The van der Waals surface area contributed by atoms with E-state index in [9.17, 15) is 19.8 Å². The zero-order valence-electron chi connectivity index (χ0n) is 44.2. The molecule has 0 fully saturated rings. The van der Waals surface area contributed by atoms with Crippen molar-refractivity contribution in [2.24, 2.45) is 0 Å². The number of hydrogen-bond donors (Lipinski definition) is 3. The van der Waals surface area contributed by atoms with Gasteiger partial charge in [0.05, 0.1) is 25.4 Å². The van der Waals surface area contributed by atoms with Gasteiger partial charge < -0.3 is 20.3 Å². The van der Waals surface area contributed by atoms with Crippen LogP contribution in [0, 0.1) is 0 Å². The summed E-state index contributed by atoms with van der Waals surface area (Å²) in [6, 6.07) is -0.632. The van der Waals surface area contributed by atoms with Crippen molar-refractivity contribution in [2.45, 2.75) is 321 Å². The molecular formula is C60H113NO5. The molecule has 2 unspecified atom stereocenters. The lowest BCUT2D eigenvalue weighted by atomic mass is 10.0. The second kappa shape index (κ2) is 55.7. The van der Waals surface area contributed by atoms with Crippen molar-refractivity contribution in [3.05, 3.63) is 36.5 Å². The fraction of sp³-hybridized carbons (Fsp3) is 0.867. The van der Waals surface area contributed by atoms with E-state index in [1.807, 2.05) is 6.08 Å². The standard InChI is InChI=1S/C60H113NO5/c1-3-5-7-9-11-13-15-29-33-36-40-44-48-52-58(63)57(56-62)61-59(64)53-49-45-41-37-34-30-27-25-23-21-19-17-16-18-20-22-24-26-28-31-35-39-43-47-51-55-66-60(65)54-50-46-42-38-32-14-12-10-8-6-4-2/h17-20,48,52,57-58,62-63H,3-16,21-47,49-51,53-56H2,1-2H3,(H,61,64)/b19-17-,20-18-,52-48+. The van der Waals surface area contributed by atoms with E-state index < -0.39 is 12.1 Å². The van der Waals surface area contributed by atoms with Gasteiger partial charge in [0.1, 0.15) is 0 Å². The first-order valence-electron chi connectivity index (χ1n) is 29.3. The SMILES string of the molecule is CCCCCCCCCCCCC/C=C/C(O)C(CO)NC(=O)CCCCCCCCCCC/C=C\C/C=C\CCCCCCCCCCCOC(=O)CCCCCCCCCCCCC. The topological polar surface area (TPSA) is 95.9 Å². The van der Waals surface area contributed by atoms with E-state index in [0.29, 0.717) is 19.4 Å².